The fraction of sp³-hybridized carbons (Fsp3) is 0.818. The molecular formula is C77H140O17P2. The van der Waals surface area contributed by atoms with E-state index in [-0.39, 0.29) is 25.7 Å². The van der Waals surface area contributed by atoms with Gasteiger partial charge in [0.1, 0.15) is 19.3 Å². The van der Waals surface area contributed by atoms with Crippen LogP contribution in [0.4, 0.5) is 0 Å². The molecule has 3 N–H and O–H groups in total. The molecule has 0 aromatic rings. The van der Waals surface area contributed by atoms with E-state index < -0.39 is 97.5 Å². The zero-order valence-electron chi connectivity index (χ0n) is 61.1. The van der Waals surface area contributed by atoms with E-state index in [4.69, 9.17) is 37.0 Å². The number of rotatable bonds is 73. The minimum atomic E-state index is -4.97. The van der Waals surface area contributed by atoms with E-state index >= 15 is 0 Å². The minimum absolute atomic E-state index is 0.0837. The highest BCUT2D eigenvalue weighted by Gasteiger charge is 2.30. The van der Waals surface area contributed by atoms with Crippen molar-refractivity contribution in [3.05, 3.63) is 60.8 Å². The van der Waals surface area contributed by atoms with E-state index in [1.54, 1.807) is 0 Å². The van der Waals surface area contributed by atoms with Crippen molar-refractivity contribution in [1.29, 1.82) is 0 Å². The molecule has 560 valence electrons. The number of hydrogen-bond donors (Lipinski definition) is 3. The molecule has 0 spiro atoms. The van der Waals surface area contributed by atoms with Gasteiger partial charge in [-0.25, -0.2) is 9.13 Å². The van der Waals surface area contributed by atoms with Gasteiger partial charge in [-0.2, -0.15) is 0 Å². The van der Waals surface area contributed by atoms with Crippen LogP contribution in [0.15, 0.2) is 60.8 Å². The van der Waals surface area contributed by atoms with E-state index in [1.165, 1.54) is 122 Å². The Morgan fingerprint density at radius 3 is 0.812 bits per heavy atom. The van der Waals surface area contributed by atoms with Crippen molar-refractivity contribution in [2.24, 2.45) is 0 Å². The predicted molar refractivity (Wildman–Crippen MR) is 390 cm³/mol. The van der Waals surface area contributed by atoms with Gasteiger partial charge in [-0.05, 0) is 116 Å². The van der Waals surface area contributed by atoms with Gasteiger partial charge in [-0.3, -0.25) is 37.3 Å². The molecule has 0 amide bonds. The number of phosphoric acid groups is 2. The number of carbonyl (C=O) groups is 4. The number of unbranched alkanes of at least 4 members (excludes halogenated alkanes) is 37. The molecule has 0 saturated carbocycles. The largest absolute Gasteiger partial charge is 0.472 e. The summed E-state index contributed by atoms with van der Waals surface area (Å²) >= 11 is 0. The Morgan fingerprint density at radius 2 is 0.510 bits per heavy atom. The van der Waals surface area contributed by atoms with Gasteiger partial charge in [-0.15, -0.1) is 0 Å². The molecule has 0 heterocycles. The lowest BCUT2D eigenvalue weighted by molar-refractivity contribution is -0.161. The van der Waals surface area contributed by atoms with Crippen molar-refractivity contribution < 1.29 is 80.2 Å². The van der Waals surface area contributed by atoms with E-state index in [9.17, 15) is 43.2 Å². The molecule has 0 aliphatic carbocycles. The molecule has 0 aliphatic rings. The predicted octanol–water partition coefficient (Wildman–Crippen LogP) is 21.9. The lowest BCUT2D eigenvalue weighted by atomic mass is 10.0. The first-order chi connectivity index (χ1) is 46.7. The smallest absolute Gasteiger partial charge is 0.462 e. The Kier molecular flexibility index (Phi) is 67.8. The molecule has 0 saturated heterocycles. The van der Waals surface area contributed by atoms with Gasteiger partial charge in [0.2, 0.25) is 0 Å². The summed E-state index contributed by atoms with van der Waals surface area (Å²) in [6.45, 7) is 4.81. The number of aliphatic hydroxyl groups is 1. The van der Waals surface area contributed by atoms with E-state index in [0.717, 1.165) is 148 Å². The third-order valence-electron chi connectivity index (χ3n) is 16.5. The van der Waals surface area contributed by atoms with Crippen LogP contribution in [0.5, 0.6) is 0 Å². The maximum atomic E-state index is 13.1. The van der Waals surface area contributed by atoms with Gasteiger partial charge in [-0.1, -0.05) is 268 Å². The Morgan fingerprint density at radius 1 is 0.292 bits per heavy atom. The number of phosphoric ester groups is 2. The van der Waals surface area contributed by atoms with Crippen molar-refractivity contribution in [3.8, 4) is 0 Å². The van der Waals surface area contributed by atoms with Gasteiger partial charge >= 0.3 is 39.5 Å². The lowest BCUT2D eigenvalue weighted by Crippen LogP contribution is -2.30. The summed E-state index contributed by atoms with van der Waals surface area (Å²) in [5, 5.41) is 10.6. The second-order valence-corrected chi connectivity index (χ2v) is 28.9. The van der Waals surface area contributed by atoms with Gasteiger partial charge in [0, 0.05) is 25.7 Å². The van der Waals surface area contributed by atoms with E-state index in [2.05, 4.69) is 88.5 Å². The van der Waals surface area contributed by atoms with Crippen LogP contribution < -0.4 is 0 Å². The molecule has 0 aromatic heterocycles. The topological polar surface area (TPSA) is 237 Å². The SMILES string of the molecule is CCCCC/C=C\C/C=C\CCCCCCCC(=O)OC[C@H](COP(=O)(O)OC[C@@H](O)COP(=O)(O)OC[C@@H](COC(=O)CCCCCCCCCCCCCCC)OC(=O)CCCCCCC/C=C\C/C=C\CCCCC)OC(=O)CCCCCCC/C=C\CCCCCC. The highest BCUT2D eigenvalue weighted by molar-refractivity contribution is 7.47. The van der Waals surface area contributed by atoms with Crippen molar-refractivity contribution in [1.82, 2.24) is 0 Å². The highest BCUT2D eigenvalue weighted by atomic mass is 31.2. The van der Waals surface area contributed by atoms with E-state index in [1.807, 2.05) is 0 Å². The molecule has 96 heavy (non-hydrogen) atoms. The molecular weight excluding hydrogens is 1260 g/mol. The standard InChI is InChI=1S/C77H140O17P2/c1-5-9-13-17-21-25-29-33-35-39-42-46-50-54-58-62-75(80)88-68-72(93-76(81)63-59-55-51-47-43-38-32-28-24-20-16-12-8-4)69-91-95(83,84)89-65-71(78)66-90-96(85,86)92-70-73(67-87-74(79)61-57-53-49-45-41-37-31-27-23-19-15-11-7-3)94-77(82)64-60-56-52-48-44-40-36-34-30-26-22-18-14-10-6-2/h21-22,25-26,28,32-36,71-73,78H,5-20,23-24,27,29-31,37-70H2,1-4H3,(H,83,84)(H,85,86)/b25-21-,26-22-,32-28-,35-33-,36-34-/t71-,72-,73-/m1/s1. The molecule has 0 radical (unpaired) electrons. The quantitative estimate of drug-likeness (QED) is 0.0169. The molecule has 0 aromatic carbocycles. The highest BCUT2D eigenvalue weighted by Crippen LogP contribution is 2.45. The molecule has 2 unspecified atom stereocenters. The van der Waals surface area contributed by atoms with Gasteiger partial charge in [0.15, 0.2) is 12.2 Å². The van der Waals surface area contributed by atoms with Crippen LogP contribution >= 0.6 is 15.6 Å². The average molecular weight is 1400 g/mol. The molecule has 5 atom stereocenters. The fourth-order valence-corrected chi connectivity index (χ4v) is 12.1. The first-order valence-electron chi connectivity index (χ1n) is 38.5. The monoisotopic (exact) mass is 1400 g/mol. The maximum absolute atomic E-state index is 13.1. The first kappa shape index (κ1) is 92.8. The summed E-state index contributed by atoms with van der Waals surface area (Å²) in [7, 11) is -9.94. The average Bonchev–Trinajstić information content (AvgIpc) is 1.17. The fourth-order valence-electron chi connectivity index (χ4n) is 10.5. The minimum Gasteiger partial charge on any atom is -0.462 e. The second-order valence-electron chi connectivity index (χ2n) is 25.9. The number of hydrogen-bond acceptors (Lipinski definition) is 15. The third-order valence-corrected chi connectivity index (χ3v) is 18.4. The molecule has 0 fully saturated rings. The van der Waals surface area contributed by atoms with Crippen LogP contribution in [0.3, 0.4) is 0 Å². The molecule has 0 bridgehead atoms. The summed E-state index contributed by atoms with van der Waals surface area (Å²) in [6, 6.07) is 0. The summed E-state index contributed by atoms with van der Waals surface area (Å²) < 4.78 is 68.5. The zero-order valence-corrected chi connectivity index (χ0v) is 62.8. The first-order valence-corrected chi connectivity index (χ1v) is 41.5. The summed E-state index contributed by atoms with van der Waals surface area (Å²) in [5.41, 5.74) is 0. The lowest BCUT2D eigenvalue weighted by Gasteiger charge is -2.21. The van der Waals surface area contributed by atoms with Gasteiger partial charge < -0.3 is 33.8 Å². The van der Waals surface area contributed by atoms with Crippen molar-refractivity contribution >= 4 is 39.5 Å². The van der Waals surface area contributed by atoms with E-state index in [0.29, 0.717) is 25.7 Å². The van der Waals surface area contributed by atoms with Crippen molar-refractivity contribution in [2.75, 3.05) is 39.6 Å². The summed E-state index contributed by atoms with van der Waals surface area (Å²) in [4.78, 5) is 72.8. The number of allylic oxidation sites excluding steroid dienone is 10. The van der Waals surface area contributed by atoms with Crippen LogP contribution in [0.1, 0.15) is 349 Å². The Labute approximate surface area is 584 Å². The number of carbonyl (C=O) groups excluding carboxylic acids is 4. The number of aliphatic hydroxyl groups excluding tert-OH is 1. The van der Waals surface area contributed by atoms with Crippen LogP contribution in [-0.2, 0) is 65.4 Å². The van der Waals surface area contributed by atoms with Gasteiger partial charge in [0.25, 0.3) is 0 Å². The molecule has 17 nitrogen and oxygen atoms in total. The Balaban J connectivity index is 5.34. The second kappa shape index (κ2) is 70.2. The van der Waals surface area contributed by atoms with Crippen LogP contribution in [0, 0.1) is 0 Å². The molecule has 19 heteroatoms. The Bertz CT molecular complexity index is 2060. The molecule has 0 rings (SSSR count). The van der Waals surface area contributed by atoms with Gasteiger partial charge in [0.05, 0.1) is 26.4 Å². The van der Waals surface area contributed by atoms with Crippen LogP contribution in [-0.4, -0.2) is 96.7 Å². The third kappa shape index (κ3) is 69.2. The molecule has 0 aliphatic heterocycles. The summed E-state index contributed by atoms with van der Waals surface area (Å²) in [5.74, 6) is -2.19. The normalized spacial score (nSPS) is 14.3. The number of esters is 4. The van der Waals surface area contributed by atoms with Crippen molar-refractivity contribution in [2.45, 2.75) is 367 Å². The number of ether oxygens (including phenoxy) is 4. The van der Waals surface area contributed by atoms with Crippen molar-refractivity contribution in [3.63, 3.8) is 0 Å². The van der Waals surface area contributed by atoms with Crippen LogP contribution in [0.2, 0.25) is 0 Å². The maximum Gasteiger partial charge on any atom is 0.472 e. The zero-order chi connectivity index (χ0) is 70.4. The summed E-state index contributed by atoms with van der Waals surface area (Å²) in [6.07, 6.45) is 67.7. The Hall–Kier alpha value is -3.24. The van der Waals surface area contributed by atoms with Crippen LogP contribution in [0.25, 0.3) is 0 Å².